The standard InChI is InChI=1S/C19H24N4O2/c1-22-11-5-9-16(22)17-10-6-12-23(17)14-18(24)21-19(25)20-13-15-7-3-2-4-8-15/h2-5,7-9,11,17H,6,10,12-14H2,1H3,(H2,20,21,24,25)/t17-/m0/s1. The van der Waals surface area contributed by atoms with Gasteiger partial charge in [0.25, 0.3) is 0 Å². The Labute approximate surface area is 147 Å². The molecule has 132 valence electrons. The summed E-state index contributed by atoms with van der Waals surface area (Å²) in [6.45, 7) is 1.50. The average molecular weight is 340 g/mol. The zero-order valence-corrected chi connectivity index (χ0v) is 14.4. The van der Waals surface area contributed by atoms with Crippen molar-refractivity contribution in [2.75, 3.05) is 13.1 Å². The normalized spacial score (nSPS) is 17.4. The van der Waals surface area contributed by atoms with Gasteiger partial charge in [-0.25, -0.2) is 4.79 Å². The molecule has 3 rings (SSSR count). The number of aryl methyl sites for hydroxylation is 1. The van der Waals surface area contributed by atoms with Crippen LogP contribution in [0.3, 0.4) is 0 Å². The summed E-state index contributed by atoms with van der Waals surface area (Å²) in [5.74, 6) is -0.272. The Morgan fingerprint density at radius 3 is 2.68 bits per heavy atom. The first-order valence-corrected chi connectivity index (χ1v) is 8.60. The van der Waals surface area contributed by atoms with Crippen LogP contribution in [0.25, 0.3) is 0 Å². The predicted octanol–water partition coefficient (Wildman–Crippen LogP) is 2.19. The second-order valence-corrected chi connectivity index (χ2v) is 6.39. The molecule has 2 heterocycles. The smallest absolute Gasteiger partial charge is 0.321 e. The van der Waals surface area contributed by atoms with E-state index in [1.54, 1.807) is 0 Å². The minimum Gasteiger partial charge on any atom is -0.353 e. The largest absolute Gasteiger partial charge is 0.353 e. The second-order valence-electron chi connectivity index (χ2n) is 6.39. The van der Waals surface area contributed by atoms with Crippen LogP contribution < -0.4 is 10.6 Å². The number of rotatable bonds is 5. The molecule has 6 heteroatoms. The number of amides is 3. The van der Waals surface area contributed by atoms with Crippen molar-refractivity contribution in [1.82, 2.24) is 20.1 Å². The van der Waals surface area contributed by atoms with Gasteiger partial charge in [0.15, 0.2) is 0 Å². The number of urea groups is 1. The fourth-order valence-corrected chi connectivity index (χ4v) is 3.34. The highest BCUT2D eigenvalue weighted by Crippen LogP contribution is 2.31. The summed E-state index contributed by atoms with van der Waals surface area (Å²) in [5, 5.41) is 5.13. The van der Waals surface area contributed by atoms with Crippen LogP contribution in [0, 0.1) is 0 Å². The molecule has 25 heavy (non-hydrogen) atoms. The molecule has 1 aromatic heterocycles. The quantitative estimate of drug-likeness (QED) is 0.877. The Kier molecular flexibility index (Phi) is 5.50. The van der Waals surface area contributed by atoms with Gasteiger partial charge in [0, 0.05) is 25.5 Å². The molecule has 2 N–H and O–H groups in total. The lowest BCUT2D eigenvalue weighted by atomic mass is 10.1. The molecule has 0 bridgehead atoms. The molecule has 1 atom stereocenters. The first kappa shape index (κ1) is 17.2. The number of imide groups is 1. The molecule has 1 saturated heterocycles. The minimum atomic E-state index is -0.455. The number of nitrogens with one attached hydrogen (secondary N) is 2. The minimum absolute atomic E-state index is 0.231. The van der Waals surface area contributed by atoms with E-state index >= 15 is 0 Å². The average Bonchev–Trinajstić information content (AvgIpc) is 3.22. The third-order valence-corrected chi connectivity index (χ3v) is 4.58. The van der Waals surface area contributed by atoms with Gasteiger partial charge in [0.2, 0.25) is 5.91 Å². The first-order chi connectivity index (χ1) is 12.1. The van der Waals surface area contributed by atoms with E-state index < -0.39 is 6.03 Å². The number of carbonyl (C=O) groups is 2. The van der Waals surface area contributed by atoms with E-state index in [9.17, 15) is 9.59 Å². The molecule has 1 fully saturated rings. The van der Waals surface area contributed by atoms with E-state index in [0.717, 1.165) is 24.9 Å². The number of hydrogen-bond donors (Lipinski definition) is 2. The van der Waals surface area contributed by atoms with Crippen LogP contribution in [-0.2, 0) is 18.4 Å². The molecule has 0 spiro atoms. The van der Waals surface area contributed by atoms with Gasteiger partial charge in [-0.15, -0.1) is 0 Å². The number of benzene rings is 1. The highest BCUT2D eigenvalue weighted by atomic mass is 16.2. The molecule has 0 radical (unpaired) electrons. The van der Waals surface area contributed by atoms with Crippen LogP contribution >= 0.6 is 0 Å². The van der Waals surface area contributed by atoms with Crippen LogP contribution in [0.1, 0.15) is 30.1 Å². The van der Waals surface area contributed by atoms with Gasteiger partial charge in [0.1, 0.15) is 0 Å². The van der Waals surface area contributed by atoms with E-state index in [1.807, 2.05) is 49.6 Å². The number of nitrogens with zero attached hydrogens (tertiary/aromatic N) is 2. The Morgan fingerprint density at radius 1 is 1.16 bits per heavy atom. The van der Waals surface area contributed by atoms with Gasteiger partial charge in [0.05, 0.1) is 12.6 Å². The number of carbonyl (C=O) groups excluding carboxylic acids is 2. The molecular weight excluding hydrogens is 316 g/mol. The number of aromatic nitrogens is 1. The van der Waals surface area contributed by atoms with E-state index in [2.05, 4.69) is 26.2 Å². The van der Waals surface area contributed by atoms with Crippen LogP contribution in [0.5, 0.6) is 0 Å². The van der Waals surface area contributed by atoms with Crippen molar-refractivity contribution in [3.8, 4) is 0 Å². The molecule has 3 amide bonds. The van der Waals surface area contributed by atoms with Crippen molar-refractivity contribution in [3.05, 3.63) is 59.9 Å². The highest BCUT2D eigenvalue weighted by molar-refractivity contribution is 5.95. The van der Waals surface area contributed by atoms with Gasteiger partial charge in [-0.2, -0.15) is 0 Å². The van der Waals surface area contributed by atoms with Crippen LogP contribution in [-0.4, -0.2) is 34.5 Å². The zero-order chi connectivity index (χ0) is 17.6. The van der Waals surface area contributed by atoms with Gasteiger partial charge < -0.3 is 9.88 Å². The molecule has 0 saturated carbocycles. The van der Waals surface area contributed by atoms with Crippen molar-refractivity contribution in [2.45, 2.75) is 25.4 Å². The molecule has 1 aliphatic heterocycles. The summed E-state index contributed by atoms with van der Waals surface area (Å²) in [6.07, 6.45) is 4.11. The van der Waals surface area contributed by atoms with Gasteiger partial charge in [-0.3, -0.25) is 15.0 Å². The molecule has 0 unspecified atom stereocenters. The van der Waals surface area contributed by atoms with E-state index in [4.69, 9.17) is 0 Å². The third-order valence-electron chi connectivity index (χ3n) is 4.58. The van der Waals surface area contributed by atoms with Crippen molar-refractivity contribution in [2.24, 2.45) is 7.05 Å². The summed E-state index contributed by atoms with van der Waals surface area (Å²) in [5.41, 5.74) is 2.20. The van der Waals surface area contributed by atoms with Crippen molar-refractivity contribution in [1.29, 1.82) is 0 Å². The fraction of sp³-hybridized carbons (Fsp3) is 0.368. The van der Waals surface area contributed by atoms with Crippen molar-refractivity contribution in [3.63, 3.8) is 0 Å². The molecular formula is C19H24N4O2. The zero-order valence-electron chi connectivity index (χ0n) is 14.4. The monoisotopic (exact) mass is 340 g/mol. The summed E-state index contributed by atoms with van der Waals surface area (Å²) in [6, 6.07) is 13.5. The maximum Gasteiger partial charge on any atom is 0.321 e. The van der Waals surface area contributed by atoms with Crippen LogP contribution in [0.4, 0.5) is 4.79 Å². The second kappa shape index (κ2) is 7.98. The predicted molar refractivity (Wildman–Crippen MR) is 95.8 cm³/mol. The summed E-state index contributed by atoms with van der Waals surface area (Å²) < 4.78 is 2.09. The Balaban J connectivity index is 1.48. The Bertz CT molecular complexity index is 726. The summed E-state index contributed by atoms with van der Waals surface area (Å²) in [4.78, 5) is 26.2. The first-order valence-electron chi connectivity index (χ1n) is 8.60. The number of hydrogen-bond acceptors (Lipinski definition) is 3. The van der Waals surface area contributed by atoms with E-state index in [-0.39, 0.29) is 18.5 Å². The van der Waals surface area contributed by atoms with E-state index in [0.29, 0.717) is 6.54 Å². The Hall–Kier alpha value is -2.60. The van der Waals surface area contributed by atoms with Crippen LogP contribution in [0.15, 0.2) is 48.7 Å². The molecule has 0 aliphatic carbocycles. The van der Waals surface area contributed by atoms with Gasteiger partial charge in [-0.05, 0) is 37.1 Å². The van der Waals surface area contributed by atoms with Gasteiger partial charge in [-0.1, -0.05) is 30.3 Å². The lowest BCUT2D eigenvalue weighted by Crippen LogP contribution is -2.44. The number of likely N-dealkylation sites (tertiary alicyclic amines) is 1. The lowest BCUT2D eigenvalue weighted by molar-refractivity contribution is -0.121. The summed E-state index contributed by atoms with van der Waals surface area (Å²) in [7, 11) is 2.02. The van der Waals surface area contributed by atoms with Crippen molar-refractivity contribution >= 4 is 11.9 Å². The third kappa shape index (κ3) is 4.48. The highest BCUT2D eigenvalue weighted by Gasteiger charge is 2.29. The van der Waals surface area contributed by atoms with Crippen LogP contribution in [0.2, 0.25) is 0 Å². The summed E-state index contributed by atoms with van der Waals surface area (Å²) >= 11 is 0. The molecule has 2 aromatic rings. The maximum atomic E-state index is 12.2. The molecule has 6 nitrogen and oxygen atoms in total. The van der Waals surface area contributed by atoms with Crippen molar-refractivity contribution < 1.29 is 9.59 Å². The lowest BCUT2D eigenvalue weighted by Gasteiger charge is -2.24. The molecule has 1 aliphatic rings. The van der Waals surface area contributed by atoms with E-state index in [1.165, 1.54) is 5.69 Å². The Morgan fingerprint density at radius 2 is 1.96 bits per heavy atom. The fourth-order valence-electron chi connectivity index (χ4n) is 3.34. The SMILES string of the molecule is Cn1cccc1[C@@H]1CCCN1CC(=O)NC(=O)NCc1ccccc1. The van der Waals surface area contributed by atoms with Gasteiger partial charge >= 0.3 is 6.03 Å². The maximum absolute atomic E-state index is 12.2. The molecule has 1 aromatic carbocycles. The topological polar surface area (TPSA) is 66.4 Å².